The molecule has 10 rings (SSSR count). The zero-order valence-corrected chi connectivity index (χ0v) is 28.9. The van der Waals surface area contributed by atoms with Gasteiger partial charge in [-0.25, -0.2) is 0 Å². The summed E-state index contributed by atoms with van der Waals surface area (Å²) in [6.07, 6.45) is 0. The highest BCUT2D eigenvalue weighted by molar-refractivity contribution is 8.25. The molecule has 1 aliphatic rings. The molecular weight excluding hydrogens is 644 g/mol. The van der Waals surface area contributed by atoms with Gasteiger partial charge in [-0.1, -0.05) is 151 Å². The van der Waals surface area contributed by atoms with E-state index < -0.39 is 6.04 Å². The average Bonchev–Trinajstić information content (AvgIpc) is 3.53. The fourth-order valence-corrected chi connectivity index (χ4v) is 11.6. The van der Waals surface area contributed by atoms with Crippen molar-refractivity contribution in [3.05, 3.63) is 188 Å². The minimum absolute atomic E-state index is 1.15. The summed E-state index contributed by atoms with van der Waals surface area (Å²) in [6, 6.07) is 65.8. The number of para-hydroxylation sites is 3. The van der Waals surface area contributed by atoms with Gasteiger partial charge in [-0.2, -0.15) is 0 Å². The maximum absolute atomic E-state index is 6.65. The van der Waals surface area contributed by atoms with Gasteiger partial charge in [-0.15, -0.1) is 0 Å². The Bertz CT molecular complexity index is 2750. The Morgan fingerprint density at radius 2 is 1.00 bits per heavy atom. The zero-order valence-electron chi connectivity index (χ0n) is 27.1. The van der Waals surface area contributed by atoms with Gasteiger partial charge >= 0.3 is 0 Å². The molecule has 4 heteroatoms. The van der Waals surface area contributed by atoms with Crippen LogP contribution < -0.4 is 20.8 Å². The van der Waals surface area contributed by atoms with Gasteiger partial charge in [0.2, 0.25) is 0 Å². The largest absolute Gasteiger partial charge is 0.306 e. The Balaban J connectivity index is 1.13. The highest BCUT2D eigenvalue weighted by Crippen LogP contribution is 2.50. The van der Waals surface area contributed by atoms with Crippen molar-refractivity contribution in [2.75, 3.05) is 4.90 Å². The second-order valence-corrected chi connectivity index (χ2v) is 17.3. The summed E-state index contributed by atoms with van der Waals surface area (Å²) in [5.41, 5.74) is 9.52. The molecule has 0 atom stereocenters. The molecule has 0 saturated heterocycles. The molecule has 0 saturated carbocycles. The third-order valence-electron chi connectivity index (χ3n) is 10.1. The Labute approximate surface area is 296 Å². The van der Waals surface area contributed by atoms with Crippen LogP contribution in [0.3, 0.4) is 0 Å². The number of anilines is 3. The van der Waals surface area contributed by atoms with Gasteiger partial charge in [-0.3, -0.25) is 0 Å². The molecule has 9 aromatic rings. The van der Waals surface area contributed by atoms with Crippen LogP contribution in [0.25, 0.3) is 49.4 Å². The summed E-state index contributed by atoms with van der Waals surface area (Å²) in [5, 5.41) is 8.58. The number of nitrogens with zero attached hydrogens (tertiary/aromatic N) is 2. The smallest absolute Gasteiger partial charge is 0.0783 e. The molecule has 0 aliphatic carbocycles. The Kier molecular flexibility index (Phi) is 6.67. The molecule has 236 valence electrons. The van der Waals surface area contributed by atoms with Gasteiger partial charge in [0.15, 0.2) is 0 Å². The number of aromatic nitrogens is 1. The van der Waals surface area contributed by atoms with Crippen LogP contribution in [0.2, 0.25) is 0 Å². The molecule has 1 aliphatic heterocycles. The van der Waals surface area contributed by atoms with Gasteiger partial charge in [0.25, 0.3) is 0 Å². The number of hydrogen-bond donors (Lipinski definition) is 0. The second kappa shape index (κ2) is 11.4. The van der Waals surface area contributed by atoms with E-state index in [1.54, 1.807) is 0 Å². The first-order valence-electron chi connectivity index (χ1n) is 17.0. The molecule has 0 amide bonds. The fourth-order valence-electron chi connectivity index (χ4n) is 7.82. The van der Waals surface area contributed by atoms with Crippen molar-refractivity contribution in [2.24, 2.45) is 0 Å². The van der Waals surface area contributed by atoms with E-state index in [-0.39, 0.29) is 0 Å². The van der Waals surface area contributed by atoms with Crippen LogP contribution in [-0.2, 0) is 11.8 Å². The molecule has 2 heterocycles. The predicted molar refractivity (Wildman–Crippen MR) is 218 cm³/mol. The molecule has 0 N–H and O–H groups in total. The van der Waals surface area contributed by atoms with E-state index in [9.17, 15) is 0 Å². The van der Waals surface area contributed by atoms with E-state index >= 15 is 0 Å². The van der Waals surface area contributed by atoms with Crippen LogP contribution in [0.15, 0.2) is 188 Å². The minimum atomic E-state index is -2.23. The van der Waals surface area contributed by atoms with E-state index in [2.05, 4.69) is 198 Å². The van der Waals surface area contributed by atoms with Gasteiger partial charge in [0.1, 0.15) is 0 Å². The summed E-state index contributed by atoms with van der Waals surface area (Å²) in [4.78, 5) is 2.42. The van der Waals surface area contributed by atoms with Crippen LogP contribution in [0.1, 0.15) is 0 Å². The normalized spacial score (nSPS) is 12.4. The van der Waals surface area contributed by atoms with Crippen LogP contribution in [0.4, 0.5) is 17.1 Å². The standard InChI is InChI=1S/C46H31N2PS/c50-49(37-15-6-2-7-16-37,38-17-8-3-9-18-38)39-27-25-33-29-32(23-24-34(33)30-39)35-26-28-43-45(31-35)47(36-13-4-1-5-14-36)44-22-12-20-41-40-19-10-11-21-42(40)48(43)46(41)44/h1-31H. The van der Waals surface area contributed by atoms with Crippen molar-refractivity contribution in [3.8, 4) is 16.8 Å². The van der Waals surface area contributed by atoms with Crippen LogP contribution in [0, 0.1) is 0 Å². The van der Waals surface area contributed by atoms with E-state index in [1.165, 1.54) is 71.0 Å². The molecule has 0 radical (unpaired) electrons. The number of rotatable bonds is 5. The molecule has 2 nitrogen and oxygen atoms in total. The summed E-state index contributed by atoms with van der Waals surface area (Å²) in [5.74, 6) is 0. The van der Waals surface area contributed by atoms with Crippen molar-refractivity contribution in [1.29, 1.82) is 0 Å². The van der Waals surface area contributed by atoms with E-state index in [1.807, 2.05) is 0 Å². The maximum atomic E-state index is 6.65. The fraction of sp³-hybridized carbons (Fsp3) is 0. The topological polar surface area (TPSA) is 8.17 Å². The lowest BCUT2D eigenvalue weighted by atomic mass is 9.99. The summed E-state index contributed by atoms with van der Waals surface area (Å²) in [7, 11) is 0. The molecule has 1 aromatic heterocycles. The molecule has 0 unspecified atom stereocenters. The quantitative estimate of drug-likeness (QED) is 0.168. The van der Waals surface area contributed by atoms with Gasteiger partial charge in [-0.05, 0) is 86.3 Å². The number of benzene rings is 8. The highest BCUT2D eigenvalue weighted by Gasteiger charge is 2.29. The molecule has 8 aromatic carbocycles. The first kappa shape index (κ1) is 29.2. The average molecular weight is 675 g/mol. The summed E-state index contributed by atoms with van der Waals surface area (Å²) < 4.78 is 2.45. The van der Waals surface area contributed by atoms with Crippen LogP contribution in [0.5, 0.6) is 0 Å². The minimum Gasteiger partial charge on any atom is -0.306 e. The summed E-state index contributed by atoms with van der Waals surface area (Å²) in [6.45, 7) is 0. The number of fused-ring (bicyclic) bond motifs is 6. The molecule has 0 fully saturated rings. The van der Waals surface area contributed by atoms with E-state index in [0.29, 0.717) is 0 Å². The van der Waals surface area contributed by atoms with E-state index in [4.69, 9.17) is 11.8 Å². The zero-order chi connectivity index (χ0) is 33.2. The van der Waals surface area contributed by atoms with E-state index in [0.717, 1.165) is 11.4 Å². The van der Waals surface area contributed by atoms with Gasteiger partial charge in [0, 0.05) is 22.5 Å². The number of hydrogen-bond acceptors (Lipinski definition) is 2. The van der Waals surface area contributed by atoms with Gasteiger partial charge in [0.05, 0.1) is 28.1 Å². The first-order valence-corrected chi connectivity index (χ1v) is 19.8. The monoisotopic (exact) mass is 674 g/mol. The Morgan fingerprint density at radius 1 is 0.400 bits per heavy atom. The Hall–Kier alpha value is -5.73. The highest BCUT2D eigenvalue weighted by atomic mass is 32.4. The molecule has 0 bridgehead atoms. The maximum Gasteiger partial charge on any atom is 0.0783 e. The molecular formula is C46H31N2PS. The van der Waals surface area contributed by atoms with Gasteiger partial charge < -0.3 is 9.47 Å². The lowest BCUT2D eigenvalue weighted by Crippen LogP contribution is -2.24. The second-order valence-electron chi connectivity index (χ2n) is 12.9. The van der Waals surface area contributed by atoms with Crippen molar-refractivity contribution < 1.29 is 0 Å². The molecule has 50 heavy (non-hydrogen) atoms. The first-order chi connectivity index (χ1) is 24.7. The van der Waals surface area contributed by atoms with Crippen molar-refractivity contribution in [1.82, 2.24) is 4.57 Å². The summed E-state index contributed by atoms with van der Waals surface area (Å²) >= 11 is 6.65. The van der Waals surface area contributed by atoms with Crippen LogP contribution >= 0.6 is 6.04 Å². The SMILES string of the molecule is S=P(c1ccccc1)(c1ccccc1)c1ccc2cc(-c3ccc4c(c3)N(c3ccccc3)c3cccc5c6ccccc6n-4c35)ccc2c1. The van der Waals surface area contributed by atoms with Crippen molar-refractivity contribution >= 4 is 83.4 Å². The predicted octanol–water partition coefficient (Wildman–Crippen LogP) is 11.1. The van der Waals surface area contributed by atoms with Crippen LogP contribution in [-0.4, -0.2) is 4.57 Å². The molecule has 0 spiro atoms. The lowest BCUT2D eigenvalue weighted by molar-refractivity contribution is 1.11. The lowest BCUT2D eigenvalue weighted by Gasteiger charge is -2.33. The van der Waals surface area contributed by atoms with Crippen molar-refractivity contribution in [3.63, 3.8) is 0 Å². The third kappa shape index (κ3) is 4.38. The van der Waals surface area contributed by atoms with Crippen molar-refractivity contribution in [2.45, 2.75) is 0 Å². The Morgan fingerprint density at radius 3 is 1.76 bits per heavy atom. The third-order valence-corrected chi connectivity index (χ3v) is 15.1.